The van der Waals surface area contributed by atoms with E-state index in [-0.39, 0.29) is 16.7 Å². The Labute approximate surface area is 132 Å². The normalized spacial score (nSPS) is 11.8. The number of ether oxygens (including phenoxy) is 3. The predicted molar refractivity (Wildman–Crippen MR) is 83.5 cm³/mol. The number of hydrogen-bond donors (Lipinski definition) is 2. The second-order valence-corrected chi connectivity index (χ2v) is 4.49. The Morgan fingerprint density at radius 2 is 2.05 bits per heavy atom. The molecule has 9 heteroatoms. The minimum absolute atomic E-state index is 0.166. The second kappa shape index (κ2) is 8.08. The third-order valence-corrected chi connectivity index (χ3v) is 2.74. The summed E-state index contributed by atoms with van der Waals surface area (Å²) < 4.78 is 15.3. The van der Waals surface area contributed by atoms with Gasteiger partial charge >= 0.3 is 5.97 Å². The van der Waals surface area contributed by atoms with Crippen LogP contribution in [-0.4, -0.2) is 38.5 Å². The smallest absolute Gasteiger partial charge is 0.346 e. The van der Waals surface area contributed by atoms with Crippen molar-refractivity contribution in [3.05, 3.63) is 22.7 Å². The number of nitrogens with two attached hydrogens (primary N) is 2. The molecule has 0 aliphatic carbocycles. The van der Waals surface area contributed by atoms with E-state index >= 15 is 0 Å². The van der Waals surface area contributed by atoms with Gasteiger partial charge in [0.25, 0.3) is 0 Å². The largest absolute Gasteiger partial charge is 0.493 e. The molecular formula is C13H17ClN4O4. The summed E-state index contributed by atoms with van der Waals surface area (Å²) in [5, 5.41) is 7.39. The van der Waals surface area contributed by atoms with Gasteiger partial charge in [-0.05, 0) is 19.1 Å². The van der Waals surface area contributed by atoms with Crippen LogP contribution in [0.4, 0.5) is 0 Å². The Balaban J connectivity index is 3.08. The molecule has 8 nitrogen and oxygen atoms in total. The first kappa shape index (κ1) is 17.6. The standard InChI is InChI=1S/C13H17ClN4O4/c1-7(12(19)21-3)22-11-9(14)4-8(5-10(11)20-2)6-17-18-13(15)16/h4-7H,1-3H3,(H4,15,16,18). The van der Waals surface area contributed by atoms with Gasteiger partial charge in [-0.15, -0.1) is 5.10 Å². The summed E-state index contributed by atoms with van der Waals surface area (Å²) in [5.41, 5.74) is 10.9. The molecule has 0 saturated heterocycles. The van der Waals surface area contributed by atoms with E-state index in [9.17, 15) is 4.79 Å². The molecule has 4 N–H and O–H groups in total. The van der Waals surface area contributed by atoms with Gasteiger partial charge < -0.3 is 25.7 Å². The second-order valence-electron chi connectivity index (χ2n) is 4.09. The number of benzene rings is 1. The first-order chi connectivity index (χ1) is 10.4. The van der Waals surface area contributed by atoms with Crippen LogP contribution in [0.5, 0.6) is 11.5 Å². The molecule has 0 aromatic heterocycles. The molecule has 0 aliphatic heterocycles. The van der Waals surface area contributed by atoms with Gasteiger partial charge in [-0.1, -0.05) is 11.6 Å². The third kappa shape index (κ3) is 4.81. The van der Waals surface area contributed by atoms with Crippen LogP contribution >= 0.6 is 11.6 Å². The zero-order valence-electron chi connectivity index (χ0n) is 12.4. The van der Waals surface area contributed by atoms with Crippen molar-refractivity contribution >= 4 is 29.7 Å². The number of methoxy groups -OCH3 is 2. The molecule has 0 fully saturated rings. The summed E-state index contributed by atoms with van der Waals surface area (Å²) in [6.07, 6.45) is 0.555. The summed E-state index contributed by atoms with van der Waals surface area (Å²) in [7, 11) is 2.71. The van der Waals surface area contributed by atoms with Gasteiger partial charge in [-0.25, -0.2) is 4.79 Å². The lowest BCUT2D eigenvalue weighted by Crippen LogP contribution is -2.25. The zero-order chi connectivity index (χ0) is 16.7. The van der Waals surface area contributed by atoms with Crippen molar-refractivity contribution in [1.82, 2.24) is 0 Å². The Morgan fingerprint density at radius 3 is 2.59 bits per heavy atom. The van der Waals surface area contributed by atoms with Crippen molar-refractivity contribution < 1.29 is 19.0 Å². The average Bonchev–Trinajstić information content (AvgIpc) is 2.48. The summed E-state index contributed by atoms with van der Waals surface area (Å²) in [4.78, 5) is 11.4. The summed E-state index contributed by atoms with van der Waals surface area (Å²) >= 11 is 6.14. The number of hydrogen-bond acceptors (Lipinski definition) is 6. The molecular weight excluding hydrogens is 312 g/mol. The fraction of sp³-hybridized carbons (Fsp3) is 0.308. The van der Waals surface area contributed by atoms with E-state index in [1.165, 1.54) is 27.4 Å². The van der Waals surface area contributed by atoms with E-state index in [0.717, 1.165) is 0 Å². The molecule has 0 aliphatic rings. The van der Waals surface area contributed by atoms with Crippen LogP contribution < -0.4 is 20.9 Å². The zero-order valence-corrected chi connectivity index (χ0v) is 13.1. The van der Waals surface area contributed by atoms with Crippen LogP contribution in [0.1, 0.15) is 12.5 Å². The summed E-state index contributed by atoms with van der Waals surface area (Å²) in [6.45, 7) is 1.54. The van der Waals surface area contributed by atoms with Crippen molar-refractivity contribution in [3.63, 3.8) is 0 Å². The Morgan fingerprint density at radius 1 is 1.36 bits per heavy atom. The van der Waals surface area contributed by atoms with Crippen LogP contribution in [0.25, 0.3) is 0 Å². The Hall–Kier alpha value is -2.48. The van der Waals surface area contributed by atoms with Crippen LogP contribution in [0.15, 0.2) is 22.3 Å². The number of nitrogens with zero attached hydrogens (tertiary/aromatic N) is 2. The minimum atomic E-state index is -0.836. The van der Waals surface area contributed by atoms with Crippen LogP contribution in [0.2, 0.25) is 5.02 Å². The molecule has 1 unspecified atom stereocenters. The molecule has 120 valence electrons. The fourth-order valence-electron chi connectivity index (χ4n) is 1.48. The van der Waals surface area contributed by atoms with E-state index in [2.05, 4.69) is 14.9 Å². The van der Waals surface area contributed by atoms with Gasteiger partial charge in [0.2, 0.25) is 5.96 Å². The third-order valence-electron chi connectivity index (χ3n) is 2.46. The number of rotatable bonds is 6. The molecule has 22 heavy (non-hydrogen) atoms. The summed E-state index contributed by atoms with van der Waals surface area (Å²) in [6, 6.07) is 3.17. The lowest BCUT2D eigenvalue weighted by atomic mass is 10.2. The van der Waals surface area contributed by atoms with Crippen molar-refractivity contribution in [1.29, 1.82) is 0 Å². The van der Waals surface area contributed by atoms with Gasteiger partial charge in [0.1, 0.15) is 0 Å². The highest BCUT2D eigenvalue weighted by molar-refractivity contribution is 6.32. The molecule has 0 spiro atoms. The number of halogens is 1. The lowest BCUT2D eigenvalue weighted by Gasteiger charge is -2.16. The highest BCUT2D eigenvalue weighted by Crippen LogP contribution is 2.36. The van der Waals surface area contributed by atoms with E-state index < -0.39 is 12.1 Å². The summed E-state index contributed by atoms with van der Waals surface area (Å²) in [5.74, 6) is -0.145. The van der Waals surface area contributed by atoms with Crippen LogP contribution in [0.3, 0.4) is 0 Å². The lowest BCUT2D eigenvalue weighted by molar-refractivity contribution is -0.147. The predicted octanol–water partition coefficient (Wildman–Crippen LogP) is 0.896. The van der Waals surface area contributed by atoms with Crippen LogP contribution in [-0.2, 0) is 9.53 Å². The van der Waals surface area contributed by atoms with Gasteiger partial charge in [0.15, 0.2) is 17.6 Å². The molecule has 1 aromatic rings. The maximum absolute atomic E-state index is 11.4. The first-order valence-electron chi connectivity index (χ1n) is 6.13. The number of carbonyl (C=O) groups is 1. The fourth-order valence-corrected chi connectivity index (χ4v) is 1.75. The maximum atomic E-state index is 11.4. The topological polar surface area (TPSA) is 122 Å². The highest BCUT2D eigenvalue weighted by atomic mass is 35.5. The van der Waals surface area contributed by atoms with Gasteiger partial charge in [0, 0.05) is 5.56 Å². The van der Waals surface area contributed by atoms with E-state index in [1.807, 2.05) is 0 Å². The average molecular weight is 329 g/mol. The first-order valence-corrected chi connectivity index (χ1v) is 6.50. The molecule has 0 saturated carbocycles. The molecule has 0 amide bonds. The van der Waals surface area contributed by atoms with Crippen molar-refractivity contribution in [2.45, 2.75) is 13.0 Å². The molecule has 0 heterocycles. The van der Waals surface area contributed by atoms with Gasteiger partial charge in [-0.2, -0.15) is 5.10 Å². The SMILES string of the molecule is COC(=O)C(C)Oc1c(Cl)cc(C=NN=C(N)N)cc1OC. The number of carbonyl (C=O) groups excluding carboxylic acids is 1. The number of esters is 1. The molecule has 0 bridgehead atoms. The van der Waals surface area contributed by atoms with Gasteiger partial charge in [-0.3, -0.25) is 0 Å². The van der Waals surface area contributed by atoms with Crippen LogP contribution in [0, 0.1) is 0 Å². The van der Waals surface area contributed by atoms with Crippen molar-refractivity contribution in [2.75, 3.05) is 14.2 Å². The highest BCUT2D eigenvalue weighted by Gasteiger charge is 2.20. The van der Waals surface area contributed by atoms with E-state index in [4.69, 9.17) is 32.5 Å². The van der Waals surface area contributed by atoms with Crippen molar-refractivity contribution in [2.24, 2.45) is 21.7 Å². The maximum Gasteiger partial charge on any atom is 0.346 e. The molecule has 1 rings (SSSR count). The molecule has 0 radical (unpaired) electrons. The Bertz CT molecular complexity index is 600. The molecule has 1 atom stereocenters. The van der Waals surface area contributed by atoms with Gasteiger partial charge in [0.05, 0.1) is 25.5 Å². The monoisotopic (exact) mass is 328 g/mol. The quantitative estimate of drug-likeness (QED) is 0.346. The molecule has 1 aromatic carbocycles. The number of guanidine groups is 1. The van der Waals surface area contributed by atoms with E-state index in [0.29, 0.717) is 11.3 Å². The minimum Gasteiger partial charge on any atom is -0.493 e. The Kier molecular flexibility index (Phi) is 6.46. The van der Waals surface area contributed by atoms with E-state index in [1.54, 1.807) is 12.1 Å². The van der Waals surface area contributed by atoms with Crippen molar-refractivity contribution in [3.8, 4) is 11.5 Å².